The highest BCUT2D eigenvalue weighted by Crippen LogP contribution is 2.29. The fourth-order valence-electron chi connectivity index (χ4n) is 3.43. The number of tetrazole rings is 1. The summed E-state index contributed by atoms with van der Waals surface area (Å²) < 4.78 is 0. The molecule has 2 rings (SSSR count). The third-order valence-corrected chi connectivity index (χ3v) is 5.03. The van der Waals surface area contributed by atoms with Crippen molar-refractivity contribution in [1.82, 2.24) is 20.6 Å². The van der Waals surface area contributed by atoms with E-state index in [1.807, 2.05) is 18.2 Å². The Morgan fingerprint density at radius 1 is 1.23 bits per heavy atom. The Balaban J connectivity index is 1.63. The van der Waals surface area contributed by atoms with E-state index < -0.39 is 6.10 Å². The summed E-state index contributed by atoms with van der Waals surface area (Å²) in [6, 6.07) is 0. The molecule has 1 aliphatic rings. The summed E-state index contributed by atoms with van der Waals surface area (Å²) in [5.41, 5.74) is 0. The highest BCUT2D eigenvalue weighted by molar-refractivity contribution is 5.94. The van der Waals surface area contributed by atoms with Gasteiger partial charge in [-0.1, -0.05) is 68.9 Å². The maximum Gasteiger partial charge on any atom is 0.174 e. The third kappa shape index (κ3) is 7.20. The van der Waals surface area contributed by atoms with Crippen LogP contribution in [0.3, 0.4) is 0 Å². The average Bonchev–Trinajstić information content (AvgIpc) is 3.27. The minimum Gasteiger partial charge on any atom is -0.389 e. The molecule has 0 bridgehead atoms. The van der Waals surface area contributed by atoms with Crippen molar-refractivity contribution >= 4 is 5.78 Å². The quantitative estimate of drug-likeness (QED) is 0.414. The zero-order chi connectivity index (χ0) is 18.6. The molecule has 1 aromatic heterocycles. The Morgan fingerprint density at radius 2 is 2.08 bits per heavy atom. The molecule has 0 saturated heterocycles. The van der Waals surface area contributed by atoms with E-state index in [1.54, 1.807) is 6.08 Å². The summed E-state index contributed by atoms with van der Waals surface area (Å²) in [6.45, 7) is 2.16. The number of nitrogens with zero attached hydrogens (tertiary/aromatic N) is 3. The van der Waals surface area contributed by atoms with Crippen molar-refractivity contribution in [3.63, 3.8) is 0 Å². The molecule has 0 aliphatic heterocycles. The molecule has 0 spiro atoms. The van der Waals surface area contributed by atoms with E-state index in [1.165, 1.54) is 0 Å². The molecule has 3 atom stereocenters. The van der Waals surface area contributed by atoms with Gasteiger partial charge in [-0.3, -0.25) is 4.79 Å². The van der Waals surface area contributed by atoms with Crippen molar-refractivity contribution in [3.8, 4) is 0 Å². The number of carbonyl (C=O) groups is 1. The molecule has 0 aromatic carbocycles. The molecule has 0 amide bonds. The van der Waals surface area contributed by atoms with E-state index >= 15 is 0 Å². The number of allylic oxidation sites excluding steroid dienone is 3. The van der Waals surface area contributed by atoms with Crippen molar-refractivity contribution in [2.75, 3.05) is 0 Å². The van der Waals surface area contributed by atoms with Crippen LogP contribution in [-0.2, 0) is 11.2 Å². The molecular formula is C20H32N4O2. The number of H-pyrrole nitrogens is 1. The standard InChI is InChI=1S/C20H32N4O2/c1-2-3-6-9-17(25)14-12-16-13-15-19(26)18(16)10-7-4-5-8-11-20-21-23-24-22-20/h12-18,25H,2-11H2,1H3,(H,21,22,23,24). The predicted molar refractivity (Wildman–Crippen MR) is 101 cm³/mol. The minimum absolute atomic E-state index is 0.0475. The van der Waals surface area contributed by atoms with E-state index in [0.29, 0.717) is 0 Å². The van der Waals surface area contributed by atoms with Crippen LogP contribution in [0.4, 0.5) is 0 Å². The lowest BCUT2D eigenvalue weighted by molar-refractivity contribution is -0.118. The molecule has 0 radical (unpaired) electrons. The summed E-state index contributed by atoms with van der Waals surface area (Å²) in [7, 11) is 0. The second-order valence-corrected chi connectivity index (χ2v) is 7.17. The normalized spacial score (nSPS) is 21.1. The van der Waals surface area contributed by atoms with Crippen LogP contribution < -0.4 is 0 Å². The number of carbonyl (C=O) groups excluding carboxylic acids is 1. The van der Waals surface area contributed by atoms with Gasteiger partial charge in [-0.2, -0.15) is 5.21 Å². The molecule has 1 aliphatic carbocycles. The first-order valence-corrected chi connectivity index (χ1v) is 10.0. The molecule has 3 unspecified atom stereocenters. The zero-order valence-electron chi connectivity index (χ0n) is 15.8. The Morgan fingerprint density at radius 3 is 2.85 bits per heavy atom. The molecule has 0 saturated carbocycles. The average molecular weight is 361 g/mol. The van der Waals surface area contributed by atoms with E-state index in [-0.39, 0.29) is 17.6 Å². The highest BCUT2D eigenvalue weighted by atomic mass is 16.3. The lowest BCUT2D eigenvalue weighted by atomic mass is 9.88. The summed E-state index contributed by atoms with van der Waals surface area (Å²) in [5, 5.41) is 23.9. The van der Waals surface area contributed by atoms with Gasteiger partial charge >= 0.3 is 0 Å². The SMILES string of the molecule is CCCCCC(O)C=CC1C=CC(=O)C1CCCCCCc1nn[nH]n1. The Kier molecular flexibility index (Phi) is 9.24. The van der Waals surface area contributed by atoms with Crippen LogP contribution in [0.1, 0.15) is 70.5 Å². The lowest BCUT2D eigenvalue weighted by Crippen LogP contribution is -2.15. The van der Waals surface area contributed by atoms with E-state index in [2.05, 4.69) is 27.5 Å². The van der Waals surface area contributed by atoms with Crippen LogP contribution in [0.25, 0.3) is 0 Å². The van der Waals surface area contributed by atoms with Crippen LogP contribution in [0.2, 0.25) is 0 Å². The van der Waals surface area contributed by atoms with Gasteiger partial charge in [0.05, 0.1) is 6.10 Å². The maximum absolute atomic E-state index is 12.1. The first kappa shape index (κ1) is 20.5. The number of rotatable bonds is 13. The largest absolute Gasteiger partial charge is 0.389 e. The fourth-order valence-corrected chi connectivity index (χ4v) is 3.43. The lowest BCUT2D eigenvalue weighted by Gasteiger charge is -2.15. The van der Waals surface area contributed by atoms with Crippen molar-refractivity contribution in [2.24, 2.45) is 11.8 Å². The fraction of sp³-hybridized carbons (Fsp3) is 0.700. The Hall–Kier alpha value is -1.82. The van der Waals surface area contributed by atoms with Crippen LogP contribution in [0.15, 0.2) is 24.3 Å². The molecule has 1 heterocycles. The van der Waals surface area contributed by atoms with E-state index in [4.69, 9.17) is 0 Å². The number of hydrogen-bond donors (Lipinski definition) is 2. The first-order chi connectivity index (χ1) is 12.7. The Bertz CT molecular complexity index is 568. The smallest absolute Gasteiger partial charge is 0.174 e. The summed E-state index contributed by atoms with van der Waals surface area (Å²) in [5.74, 6) is 1.18. The number of hydrogen-bond acceptors (Lipinski definition) is 5. The number of aliphatic hydroxyl groups excluding tert-OH is 1. The van der Waals surface area contributed by atoms with Crippen molar-refractivity contribution < 1.29 is 9.90 Å². The van der Waals surface area contributed by atoms with Gasteiger partial charge in [0.15, 0.2) is 11.6 Å². The second-order valence-electron chi connectivity index (χ2n) is 7.17. The van der Waals surface area contributed by atoms with Gasteiger partial charge in [0.2, 0.25) is 0 Å². The Labute approximate surface area is 156 Å². The van der Waals surface area contributed by atoms with Gasteiger partial charge < -0.3 is 5.11 Å². The number of aliphatic hydroxyl groups is 1. The molecule has 6 nitrogen and oxygen atoms in total. The number of unbranched alkanes of at least 4 members (excludes halogenated alkanes) is 5. The van der Waals surface area contributed by atoms with Crippen LogP contribution in [-0.4, -0.2) is 37.6 Å². The van der Waals surface area contributed by atoms with E-state index in [9.17, 15) is 9.90 Å². The summed E-state index contributed by atoms with van der Waals surface area (Å²) in [4.78, 5) is 12.1. The van der Waals surface area contributed by atoms with Gasteiger partial charge in [0.25, 0.3) is 0 Å². The van der Waals surface area contributed by atoms with Crippen LogP contribution in [0, 0.1) is 11.8 Å². The topological polar surface area (TPSA) is 91.8 Å². The van der Waals surface area contributed by atoms with Crippen molar-refractivity contribution in [1.29, 1.82) is 0 Å². The number of nitrogens with one attached hydrogen (secondary N) is 1. The first-order valence-electron chi connectivity index (χ1n) is 10.0. The second kappa shape index (κ2) is 11.7. The van der Waals surface area contributed by atoms with Gasteiger partial charge in [0, 0.05) is 18.3 Å². The monoisotopic (exact) mass is 360 g/mol. The molecule has 1 aromatic rings. The summed E-state index contributed by atoms with van der Waals surface area (Å²) >= 11 is 0. The number of aryl methyl sites for hydroxylation is 1. The molecule has 144 valence electrons. The summed E-state index contributed by atoms with van der Waals surface area (Å²) in [6.07, 6.45) is 17.4. The van der Waals surface area contributed by atoms with Gasteiger partial charge in [-0.15, -0.1) is 10.2 Å². The predicted octanol–water partition coefficient (Wildman–Crippen LogP) is 3.56. The number of aromatic amines is 1. The number of aromatic nitrogens is 4. The molecule has 0 fully saturated rings. The minimum atomic E-state index is -0.392. The maximum atomic E-state index is 12.1. The molecule has 26 heavy (non-hydrogen) atoms. The van der Waals surface area contributed by atoms with Gasteiger partial charge in [-0.05, 0) is 25.3 Å². The number of ketones is 1. The van der Waals surface area contributed by atoms with E-state index in [0.717, 1.165) is 70.0 Å². The van der Waals surface area contributed by atoms with Crippen molar-refractivity contribution in [2.45, 2.75) is 77.2 Å². The van der Waals surface area contributed by atoms with Crippen molar-refractivity contribution in [3.05, 3.63) is 30.1 Å². The van der Waals surface area contributed by atoms with Gasteiger partial charge in [-0.25, -0.2) is 0 Å². The van der Waals surface area contributed by atoms with Crippen LogP contribution >= 0.6 is 0 Å². The van der Waals surface area contributed by atoms with Gasteiger partial charge in [0.1, 0.15) is 0 Å². The molecular weight excluding hydrogens is 328 g/mol. The molecule has 6 heteroatoms. The third-order valence-electron chi connectivity index (χ3n) is 5.03. The highest BCUT2D eigenvalue weighted by Gasteiger charge is 2.27. The van der Waals surface area contributed by atoms with Crippen LogP contribution in [0.5, 0.6) is 0 Å². The molecule has 2 N–H and O–H groups in total. The zero-order valence-corrected chi connectivity index (χ0v) is 15.8.